The summed E-state index contributed by atoms with van der Waals surface area (Å²) in [4.78, 5) is 48.2. The van der Waals surface area contributed by atoms with Gasteiger partial charge in [-0.25, -0.2) is 4.79 Å². The van der Waals surface area contributed by atoms with E-state index in [9.17, 15) is 19.2 Å². The van der Waals surface area contributed by atoms with Gasteiger partial charge in [0, 0.05) is 12.8 Å². The zero-order valence-electron chi connectivity index (χ0n) is 8.92. The Balaban J connectivity index is 2.37. The van der Waals surface area contributed by atoms with Crippen LogP contribution in [0.1, 0.15) is 25.7 Å². The number of carboxylic acid groups (broad SMARTS) is 1. The molecule has 1 aliphatic heterocycles. The molecule has 1 aliphatic rings. The first-order valence-electron chi connectivity index (χ1n) is 4.96. The van der Waals surface area contributed by atoms with Gasteiger partial charge in [-0.2, -0.15) is 0 Å². The van der Waals surface area contributed by atoms with Crippen molar-refractivity contribution in [3.63, 3.8) is 0 Å². The van der Waals surface area contributed by atoms with Crippen molar-refractivity contribution >= 4 is 23.8 Å². The highest BCUT2D eigenvalue weighted by atomic mass is 16.7. The fourth-order valence-electron chi connectivity index (χ4n) is 1.20. The van der Waals surface area contributed by atoms with Crippen molar-refractivity contribution in [2.24, 2.45) is 5.73 Å². The summed E-state index contributed by atoms with van der Waals surface area (Å²) in [5.74, 6) is -3.24. The maximum Gasteiger partial charge on any atom is 0.333 e. The molecule has 0 aromatic rings. The predicted octanol–water partition coefficient (Wildman–Crippen LogP) is -1.21. The molecule has 0 bridgehead atoms. The van der Waals surface area contributed by atoms with Crippen LogP contribution in [0.25, 0.3) is 0 Å². The van der Waals surface area contributed by atoms with Gasteiger partial charge in [0.05, 0.1) is 6.42 Å². The Morgan fingerprint density at radius 3 is 2.35 bits per heavy atom. The number of nitrogens with zero attached hydrogens (tertiary/aromatic N) is 1. The number of hydroxylamine groups is 2. The number of hydrogen-bond donors (Lipinski definition) is 2. The van der Waals surface area contributed by atoms with Crippen LogP contribution in [0, 0.1) is 0 Å². The molecule has 0 aromatic carbocycles. The Bertz CT molecular complexity index is 350. The van der Waals surface area contributed by atoms with Crippen LogP contribution >= 0.6 is 0 Å². The van der Waals surface area contributed by atoms with E-state index < -0.39 is 29.8 Å². The first-order valence-corrected chi connectivity index (χ1v) is 4.96. The standard InChI is InChI=1S/C9H12N2O6/c10-5(9(15)16)1-4-8(14)17-11-6(12)2-3-7(11)13/h5H,1-4,10H2,(H,15,16)/t5-/m0/s1. The zero-order chi connectivity index (χ0) is 13.0. The van der Waals surface area contributed by atoms with Gasteiger partial charge in [-0.05, 0) is 6.42 Å². The summed E-state index contributed by atoms with van der Waals surface area (Å²) in [5.41, 5.74) is 5.17. The number of nitrogens with two attached hydrogens (primary N) is 1. The van der Waals surface area contributed by atoms with Crippen LogP contribution in [-0.4, -0.2) is 40.0 Å². The van der Waals surface area contributed by atoms with Gasteiger partial charge in [0.15, 0.2) is 0 Å². The van der Waals surface area contributed by atoms with Crippen molar-refractivity contribution in [1.29, 1.82) is 0 Å². The largest absolute Gasteiger partial charge is 0.480 e. The van der Waals surface area contributed by atoms with Crippen LogP contribution in [0.4, 0.5) is 0 Å². The maximum atomic E-state index is 11.2. The number of carbonyl (C=O) groups excluding carboxylic acids is 3. The number of amides is 2. The molecule has 2 amide bonds. The van der Waals surface area contributed by atoms with Crippen molar-refractivity contribution in [2.75, 3.05) is 0 Å². The Kier molecular flexibility index (Phi) is 4.16. The van der Waals surface area contributed by atoms with E-state index in [4.69, 9.17) is 10.8 Å². The van der Waals surface area contributed by atoms with Gasteiger partial charge in [-0.1, -0.05) is 0 Å². The zero-order valence-corrected chi connectivity index (χ0v) is 8.92. The third-order valence-electron chi connectivity index (χ3n) is 2.18. The van der Waals surface area contributed by atoms with Crippen LogP contribution in [0.2, 0.25) is 0 Å². The first kappa shape index (κ1) is 13.1. The third-order valence-corrected chi connectivity index (χ3v) is 2.18. The Morgan fingerprint density at radius 1 is 1.35 bits per heavy atom. The van der Waals surface area contributed by atoms with Gasteiger partial charge >= 0.3 is 11.9 Å². The van der Waals surface area contributed by atoms with Crippen molar-refractivity contribution in [3.8, 4) is 0 Å². The summed E-state index contributed by atoms with van der Waals surface area (Å²) in [7, 11) is 0. The van der Waals surface area contributed by atoms with Crippen LogP contribution in [0.5, 0.6) is 0 Å². The molecule has 0 aliphatic carbocycles. The number of hydrogen-bond acceptors (Lipinski definition) is 6. The van der Waals surface area contributed by atoms with E-state index >= 15 is 0 Å². The van der Waals surface area contributed by atoms with Crippen molar-refractivity contribution in [1.82, 2.24) is 5.06 Å². The molecule has 17 heavy (non-hydrogen) atoms. The average molecular weight is 244 g/mol. The minimum atomic E-state index is -1.23. The average Bonchev–Trinajstić information content (AvgIpc) is 2.57. The molecule has 0 radical (unpaired) electrons. The van der Waals surface area contributed by atoms with Gasteiger partial charge in [0.25, 0.3) is 11.8 Å². The molecule has 8 heteroatoms. The molecule has 8 nitrogen and oxygen atoms in total. The second-order valence-corrected chi connectivity index (χ2v) is 3.53. The highest BCUT2D eigenvalue weighted by Crippen LogP contribution is 2.13. The quantitative estimate of drug-likeness (QED) is 0.580. The number of imide groups is 1. The number of rotatable bonds is 5. The Morgan fingerprint density at radius 2 is 1.88 bits per heavy atom. The second-order valence-electron chi connectivity index (χ2n) is 3.53. The maximum absolute atomic E-state index is 11.2. The molecule has 0 unspecified atom stereocenters. The number of carbonyl (C=O) groups is 4. The van der Waals surface area contributed by atoms with E-state index in [0.29, 0.717) is 5.06 Å². The Hall–Kier alpha value is -1.96. The van der Waals surface area contributed by atoms with Gasteiger partial charge < -0.3 is 15.7 Å². The molecule has 3 N–H and O–H groups in total. The van der Waals surface area contributed by atoms with Crippen molar-refractivity contribution < 1.29 is 29.1 Å². The van der Waals surface area contributed by atoms with E-state index in [0.717, 1.165) is 0 Å². The van der Waals surface area contributed by atoms with Crippen LogP contribution in [0.15, 0.2) is 0 Å². The van der Waals surface area contributed by atoms with E-state index in [1.54, 1.807) is 0 Å². The molecule has 1 heterocycles. The SMILES string of the molecule is N[C@@H](CCC(=O)ON1C(=O)CCC1=O)C(=O)O. The minimum Gasteiger partial charge on any atom is -0.480 e. The molecule has 0 aromatic heterocycles. The van der Waals surface area contributed by atoms with E-state index in [1.807, 2.05) is 0 Å². The first-order chi connectivity index (χ1) is 7.91. The second kappa shape index (κ2) is 5.39. The normalized spacial score (nSPS) is 17.1. The van der Waals surface area contributed by atoms with Crippen LogP contribution in [-0.2, 0) is 24.0 Å². The number of aliphatic carboxylic acids is 1. The van der Waals surface area contributed by atoms with Gasteiger partial charge in [0.2, 0.25) is 0 Å². The fraction of sp³-hybridized carbons (Fsp3) is 0.556. The van der Waals surface area contributed by atoms with Gasteiger partial charge in [-0.3, -0.25) is 14.4 Å². The minimum absolute atomic E-state index is 0.0146. The van der Waals surface area contributed by atoms with Crippen LogP contribution in [0.3, 0.4) is 0 Å². The molecule has 1 atom stereocenters. The molecule has 94 valence electrons. The number of carboxylic acids is 1. The molecular weight excluding hydrogens is 232 g/mol. The summed E-state index contributed by atoms with van der Waals surface area (Å²) in [5, 5.41) is 8.88. The topological polar surface area (TPSA) is 127 Å². The molecule has 0 spiro atoms. The lowest BCUT2D eigenvalue weighted by Crippen LogP contribution is -2.34. The Labute approximate surface area is 96.3 Å². The highest BCUT2D eigenvalue weighted by molar-refractivity contribution is 6.01. The van der Waals surface area contributed by atoms with Gasteiger partial charge in [-0.15, -0.1) is 5.06 Å². The fourth-order valence-corrected chi connectivity index (χ4v) is 1.20. The van der Waals surface area contributed by atoms with E-state index in [1.165, 1.54) is 0 Å². The lowest BCUT2D eigenvalue weighted by atomic mass is 10.2. The van der Waals surface area contributed by atoms with E-state index in [-0.39, 0.29) is 25.7 Å². The van der Waals surface area contributed by atoms with E-state index in [2.05, 4.69) is 4.84 Å². The summed E-state index contributed by atoms with van der Waals surface area (Å²) < 4.78 is 0. The molecule has 1 saturated heterocycles. The highest BCUT2D eigenvalue weighted by Gasteiger charge is 2.32. The lowest BCUT2D eigenvalue weighted by Gasteiger charge is -2.12. The summed E-state index contributed by atoms with van der Waals surface area (Å²) in [6, 6.07) is -1.17. The lowest BCUT2D eigenvalue weighted by molar-refractivity contribution is -0.197. The molecule has 1 fully saturated rings. The van der Waals surface area contributed by atoms with Crippen molar-refractivity contribution in [3.05, 3.63) is 0 Å². The monoisotopic (exact) mass is 244 g/mol. The summed E-state index contributed by atoms with van der Waals surface area (Å²) in [6.45, 7) is 0. The van der Waals surface area contributed by atoms with Gasteiger partial charge in [0.1, 0.15) is 6.04 Å². The predicted molar refractivity (Wildman–Crippen MR) is 52.0 cm³/mol. The smallest absolute Gasteiger partial charge is 0.333 e. The van der Waals surface area contributed by atoms with Crippen LogP contribution < -0.4 is 5.73 Å². The molecule has 0 saturated carbocycles. The third kappa shape index (κ3) is 3.52. The molecular formula is C9H12N2O6. The summed E-state index contributed by atoms with van der Waals surface area (Å²) in [6.07, 6.45) is -0.365. The summed E-state index contributed by atoms with van der Waals surface area (Å²) >= 11 is 0. The molecule has 1 rings (SSSR count). The van der Waals surface area contributed by atoms with Crippen molar-refractivity contribution in [2.45, 2.75) is 31.7 Å².